The Labute approximate surface area is 157 Å². The lowest BCUT2D eigenvalue weighted by atomic mass is 9.94. The van der Waals surface area contributed by atoms with Crippen LogP contribution in [0.1, 0.15) is 29.8 Å². The highest BCUT2D eigenvalue weighted by Crippen LogP contribution is 2.45. The van der Waals surface area contributed by atoms with Crippen molar-refractivity contribution in [2.75, 3.05) is 26.4 Å². The maximum Gasteiger partial charge on any atom is 0.213 e. The molecule has 1 spiro atoms. The van der Waals surface area contributed by atoms with Crippen LogP contribution in [0.25, 0.3) is 5.57 Å². The van der Waals surface area contributed by atoms with Crippen LogP contribution in [0, 0.1) is 5.41 Å². The number of ether oxygens (including phenoxy) is 3. The third-order valence-electron chi connectivity index (χ3n) is 4.83. The molecule has 0 atom stereocenters. The van der Waals surface area contributed by atoms with Crippen LogP contribution in [0.3, 0.4) is 0 Å². The first-order valence-electron chi connectivity index (χ1n) is 8.91. The highest BCUT2D eigenvalue weighted by molar-refractivity contribution is 6.27. The van der Waals surface area contributed by atoms with Crippen molar-refractivity contribution in [2.45, 2.75) is 19.6 Å². The van der Waals surface area contributed by atoms with Crippen LogP contribution in [0.2, 0.25) is 0 Å². The lowest BCUT2D eigenvalue weighted by Crippen LogP contribution is -2.45. The molecule has 6 heteroatoms. The zero-order valence-corrected chi connectivity index (χ0v) is 15.3. The van der Waals surface area contributed by atoms with Gasteiger partial charge in [0.25, 0.3) is 0 Å². The molecule has 2 aliphatic carbocycles. The smallest absolute Gasteiger partial charge is 0.213 e. The van der Waals surface area contributed by atoms with Crippen molar-refractivity contribution in [1.82, 2.24) is 0 Å². The van der Waals surface area contributed by atoms with E-state index in [1.165, 1.54) is 6.08 Å². The van der Waals surface area contributed by atoms with Crippen LogP contribution in [-0.4, -0.2) is 48.2 Å². The maximum atomic E-state index is 13.0. The number of carbonyl (C=O) groups excluding carboxylic acids is 1. The summed E-state index contributed by atoms with van der Waals surface area (Å²) in [6.45, 7) is 4.66. The topological polar surface area (TPSA) is 85.2 Å². The number of aliphatic hydroxyl groups excluding tert-OH is 2. The van der Waals surface area contributed by atoms with Crippen molar-refractivity contribution in [3.8, 4) is 0 Å². The lowest BCUT2D eigenvalue weighted by molar-refractivity contribution is -0.246. The zero-order valence-electron chi connectivity index (χ0n) is 15.3. The normalized spacial score (nSPS) is 22.7. The molecule has 142 valence electrons. The van der Waals surface area contributed by atoms with E-state index in [1.54, 1.807) is 24.3 Å². The molecule has 4 rings (SSSR count). The zero-order chi connectivity index (χ0) is 19.2. The molecule has 3 aliphatic rings. The highest BCUT2D eigenvalue weighted by atomic mass is 16.7. The number of Topliss-reactive ketones (excluding diaryl/α,β-unsaturated/α-hetero) is 1. The Kier molecular flexibility index (Phi) is 4.22. The van der Waals surface area contributed by atoms with Crippen LogP contribution in [-0.2, 0) is 14.2 Å². The second-order valence-corrected chi connectivity index (χ2v) is 7.70. The van der Waals surface area contributed by atoms with E-state index < -0.39 is 5.79 Å². The molecular formula is C21H22O6. The fourth-order valence-electron chi connectivity index (χ4n) is 3.44. The molecule has 0 radical (unpaired) electrons. The highest BCUT2D eigenvalue weighted by Gasteiger charge is 2.44. The molecule has 1 aliphatic heterocycles. The Morgan fingerprint density at radius 1 is 1.11 bits per heavy atom. The van der Waals surface area contributed by atoms with Crippen LogP contribution in [0.4, 0.5) is 0 Å². The van der Waals surface area contributed by atoms with Gasteiger partial charge in [0, 0.05) is 28.2 Å². The van der Waals surface area contributed by atoms with E-state index in [-0.39, 0.29) is 35.9 Å². The minimum atomic E-state index is -1.32. The van der Waals surface area contributed by atoms with Crippen molar-refractivity contribution in [3.05, 3.63) is 64.6 Å². The molecule has 0 unspecified atom stereocenters. The number of ketones is 1. The van der Waals surface area contributed by atoms with Crippen LogP contribution >= 0.6 is 0 Å². The quantitative estimate of drug-likeness (QED) is 0.851. The van der Waals surface area contributed by atoms with E-state index in [2.05, 4.69) is 0 Å². The van der Waals surface area contributed by atoms with Crippen molar-refractivity contribution < 1.29 is 29.2 Å². The van der Waals surface area contributed by atoms with Gasteiger partial charge in [0.05, 0.1) is 19.8 Å². The summed E-state index contributed by atoms with van der Waals surface area (Å²) in [4.78, 5) is 13.0. The van der Waals surface area contributed by atoms with Gasteiger partial charge in [0.2, 0.25) is 5.79 Å². The minimum absolute atomic E-state index is 0.00429. The molecule has 1 aromatic carbocycles. The lowest BCUT2D eigenvalue weighted by Gasteiger charge is -2.40. The number of benzene rings is 1. The van der Waals surface area contributed by atoms with Crippen LogP contribution < -0.4 is 0 Å². The standard InChI is InChI=1S/C21H22O6/c1-20(2)11-26-21(27-12-20)9-15-17(19(24)16(10-21)25-8-7-22)13-5-3-4-6-14(13)18(15)23/h3-6,9-10,22,24H,7-8,11-12H2,1-2H3. The summed E-state index contributed by atoms with van der Waals surface area (Å²) in [7, 11) is 0. The van der Waals surface area contributed by atoms with Gasteiger partial charge < -0.3 is 24.4 Å². The Balaban J connectivity index is 1.87. The number of hydrogen-bond acceptors (Lipinski definition) is 6. The van der Waals surface area contributed by atoms with Gasteiger partial charge in [-0.05, 0) is 11.6 Å². The Bertz CT molecular complexity index is 880. The third kappa shape index (κ3) is 3.00. The first kappa shape index (κ1) is 18.0. The van der Waals surface area contributed by atoms with Gasteiger partial charge in [0.1, 0.15) is 6.61 Å². The Hall–Kier alpha value is -2.41. The van der Waals surface area contributed by atoms with E-state index in [0.29, 0.717) is 35.5 Å². The summed E-state index contributed by atoms with van der Waals surface area (Å²) in [6, 6.07) is 7.10. The second-order valence-electron chi connectivity index (χ2n) is 7.70. The van der Waals surface area contributed by atoms with Gasteiger partial charge in [0.15, 0.2) is 17.3 Å². The molecule has 0 bridgehead atoms. The van der Waals surface area contributed by atoms with Gasteiger partial charge in [-0.1, -0.05) is 38.1 Å². The summed E-state index contributed by atoms with van der Waals surface area (Å²) in [6.07, 6.45) is 3.15. The molecule has 6 nitrogen and oxygen atoms in total. The minimum Gasteiger partial charge on any atom is -0.504 e. The van der Waals surface area contributed by atoms with Crippen molar-refractivity contribution in [2.24, 2.45) is 5.41 Å². The average molecular weight is 370 g/mol. The second kappa shape index (κ2) is 6.34. The summed E-state index contributed by atoms with van der Waals surface area (Å²) >= 11 is 0. The van der Waals surface area contributed by atoms with Gasteiger partial charge in [-0.15, -0.1) is 0 Å². The molecule has 1 heterocycles. The molecule has 1 fully saturated rings. The Morgan fingerprint density at radius 2 is 1.78 bits per heavy atom. The maximum absolute atomic E-state index is 13.0. The molecule has 0 amide bonds. The number of carbonyl (C=O) groups is 1. The summed E-state index contributed by atoms with van der Waals surface area (Å²) in [5.41, 5.74) is 1.70. The number of fused-ring (bicyclic) bond motifs is 3. The summed E-state index contributed by atoms with van der Waals surface area (Å²) < 4.78 is 17.6. The third-order valence-corrected chi connectivity index (χ3v) is 4.83. The van der Waals surface area contributed by atoms with E-state index in [9.17, 15) is 9.90 Å². The number of allylic oxidation sites excluding steroid dienone is 2. The number of rotatable bonds is 3. The van der Waals surface area contributed by atoms with Crippen molar-refractivity contribution in [3.63, 3.8) is 0 Å². The average Bonchev–Trinajstić information content (AvgIpc) is 2.85. The molecule has 0 saturated carbocycles. The molecule has 1 aromatic rings. The summed E-state index contributed by atoms with van der Waals surface area (Å²) in [5.74, 6) is -1.56. The largest absolute Gasteiger partial charge is 0.504 e. The van der Waals surface area contributed by atoms with E-state index in [1.807, 2.05) is 19.9 Å². The summed E-state index contributed by atoms with van der Waals surface area (Å²) in [5, 5.41) is 20.1. The molecule has 1 saturated heterocycles. The predicted octanol–water partition coefficient (Wildman–Crippen LogP) is 2.75. The van der Waals surface area contributed by atoms with E-state index in [0.717, 1.165) is 0 Å². The first-order valence-corrected chi connectivity index (χ1v) is 8.91. The van der Waals surface area contributed by atoms with Crippen molar-refractivity contribution >= 4 is 11.4 Å². The Morgan fingerprint density at radius 3 is 2.44 bits per heavy atom. The molecule has 0 aromatic heterocycles. The van der Waals surface area contributed by atoms with Crippen LogP contribution in [0.15, 0.2) is 53.5 Å². The van der Waals surface area contributed by atoms with Gasteiger partial charge in [-0.3, -0.25) is 4.79 Å². The number of aliphatic hydroxyl groups is 2. The molecule has 27 heavy (non-hydrogen) atoms. The van der Waals surface area contributed by atoms with Gasteiger partial charge in [-0.2, -0.15) is 0 Å². The fourth-order valence-corrected chi connectivity index (χ4v) is 3.44. The fraction of sp³-hybridized carbons (Fsp3) is 0.381. The SMILES string of the molecule is CC1(C)COC2(C=C(OCCO)C(O)=C3C(=C2)C(=O)c2ccccc23)OC1. The van der Waals surface area contributed by atoms with Gasteiger partial charge >= 0.3 is 0 Å². The van der Waals surface area contributed by atoms with Gasteiger partial charge in [-0.25, -0.2) is 0 Å². The molecular weight excluding hydrogens is 348 g/mol. The number of hydrogen-bond donors (Lipinski definition) is 2. The molecule has 2 N–H and O–H groups in total. The van der Waals surface area contributed by atoms with Crippen molar-refractivity contribution in [1.29, 1.82) is 0 Å². The monoisotopic (exact) mass is 370 g/mol. The van der Waals surface area contributed by atoms with E-state index in [4.69, 9.17) is 19.3 Å². The predicted molar refractivity (Wildman–Crippen MR) is 97.9 cm³/mol. The van der Waals surface area contributed by atoms with E-state index >= 15 is 0 Å². The van der Waals surface area contributed by atoms with Crippen LogP contribution in [0.5, 0.6) is 0 Å². The first-order chi connectivity index (χ1) is 12.9.